The van der Waals surface area contributed by atoms with E-state index in [1.165, 1.54) is 0 Å². The van der Waals surface area contributed by atoms with Crippen LogP contribution in [0.15, 0.2) is 48.7 Å². The maximum Gasteiger partial charge on any atom is 0.356 e. The number of aromatic carboxylic acids is 1. The molecule has 2 aromatic heterocycles. The Morgan fingerprint density at radius 2 is 1.79 bits per heavy atom. The van der Waals surface area contributed by atoms with Crippen molar-refractivity contribution < 1.29 is 19.4 Å². The topological polar surface area (TPSA) is 125 Å². The van der Waals surface area contributed by atoms with Crippen LogP contribution in [-0.2, 0) is 5.41 Å². The predicted molar refractivity (Wildman–Crippen MR) is 147 cm³/mol. The molecule has 2 heterocycles. The summed E-state index contributed by atoms with van der Waals surface area (Å²) in [7, 11) is 5.36. The Morgan fingerprint density at radius 3 is 2.34 bits per heavy atom. The predicted octanol–water partition coefficient (Wildman–Crippen LogP) is 4.89. The van der Waals surface area contributed by atoms with Gasteiger partial charge in [0.25, 0.3) is 5.91 Å². The fourth-order valence-corrected chi connectivity index (χ4v) is 4.19. The Hall–Kier alpha value is -4.60. The van der Waals surface area contributed by atoms with Crippen molar-refractivity contribution in [1.82, 2.24) is 19.7 Å². The second-order valence-electron chi connectivity index (χ2n) is 10.2. The number of nitrogens with zero attached hydrogens (tertiary/aromatic N) is 4. The van der Waals surface area contributed by atoms with Crippen molar-refractivity contribution in [2.75, 3.05) is 31.4 Å². The van der Waals surface area contributed by atoms with Crippen LogP contribution in [0.3, 0.4) is 0 Å². The standard InChI is InChI=1S/C28H32N6O4/c1-16-21(15-29-34(16)18-9-11-19(38-7)12-10-18)26(35)30-17-8-13-20(22(14-17)33(5)6)25-31-23(27(36)37)24(32-25)28(2,3)4/h8-15H,1-7H3,(H,30,35)(H,31,32)(H,36,37). The van der Waals surface area contributed by atoms with E-state index < -0.39 is 11.4 Å². The van der Waals surface area contributed by atoms with Gasteiger partial charge in [0, 0.05) is 36.4 Å². The largest absolute Gasteiger partial charge is 0.497 e. The summed E-state index contributed by atoms with van der Waals surface area (Å²) in [6.45, 7) is 7.63. The summed E-state index contributed by atoms with van der Waals surface area (Å²) in [6, 6.07) is 12.8. The normalized spacial score (nSPS) is 11.3. The molecule has 38 heavy (non-hydrogen) atoms. The highest BCUT2D eigenvalue weighted by molar-refractivity contribution is 6.05. The molecule has 0 aliphatic heterocycles. The Bertz CT molecular complexity index is 1490. The van der Waals surface area contributed by atoms with Gasteiger partial charge in [-0.25, -0.2) is 14.5 Å². The number of carbonyl (C=O) groups excluding carboxylic acids is 1. The lowest BCUT2D eigenvalue weighted by molar-refractivity contribution is 0.0688. The minimum absolute atomic E-state index is 0.000988. The molecular formula is C28H32N6O4. The lowest BCUT2D eigenvalue weighted by Gasteiger charge is -2.19. The number of carboxylic acids is 1. The number of rotatable bonds is 7. The number of anilines is 2. The SMILES string of the molecule is COc1ccc(-n2ncc(C(=O)Nc3ccc(-c4nc(C(=O)O)c(C(C)(C)C)[nH]4)c(N(C)C)c3)c2C)cc1. The minimum Gasteiger partial charge on any atom is -0.497 e. The van der Waals surface area contributed by atoms with E-state index in [0.717, 1.165) is 22.7 Å². The van der Waals surface area contributed by atoms with Gasteiger partial charge < -0.3 is 25.0 Å². The van der Waals surface area contributed by atoms with E-state index in [2.05, 4.69) is 20.4 Å². The zero-order valence-corrected chi connectivity index (χ0v) is 22.6. The number of aromatic amines is 1. The summed E-state index contributed by atoms with van der Waals surface area (Å²) in [5.74, 6) is -0.190. The molecule has 0 saturated heterocycles. The molecule has 0 aliphatic rings. The Morgan fingerprint density at radius 1 is 1.11 bits per heavy atom. The summed E-state index contributed by atoms with van der Waals surface area (Å²) in [6.07, 6.45) is 1.54. The Balaban J connectivity index is 1.63. The van der Waals surface area contributed by atoms with Crippen molar-refractivity contribution in [2.24, 2.45) is 0 Å². The number of H-pyrrole nitrogens is 1. The lowest BCUT2D eigenvalue weighted by atomic mass is 9.91. The Labute approximate surface area is 221 Å². The molecule has 0 aliphatic carbocycles. The number of hydrogen-bond acceptors (Lipinski definition) is 6. The van der Waals surface area contributed by atoms with Gasteiger partial charge in [-0.3, -0.25) is 4.79 Å². The third kappa shape index (κ3) is 5.10. The number of imidazole rings is 1. The van der Waals surface area contributed by atoms with Crippen LogP contribution in [0.2, 0.25) is 0 Å². The highest BCUT2D eigenvalue weighted by atomic mass is 16.5. The average Bonchev–Trinajstić information content (AvgIpc) is 3.48. The Kier molecular flexibility index (Phi) is 6.99. The second-order valence-corrected chi connectivity index (χ2v) is 10.2. The maximum atomic E-state index is 13.2. The van der Waals surface area contributed by atoms with Crippen LogP contribution in [0, 0.1) is 6.92 Å². The molecule has 2 aromatic carbocycles. The van der Waals surface area contributed by atoms with Gasteiger partial charge in [-0.05, 0) is 49.4 Å². The second kappa shape index (κ2) is 10.0. The van der Waals surface area contributed by atoms with Gasteiger partial charge in [0.05, 0.1) is 35.9 Å². The number of nitrogens with one attached hydrogen (secondary N) is 2. The number of amides is 1. The number of carbonyl (C=O) groups is 2. The van der Waals surface area contributed by atoms with Crippen LogP contribution < -0.4 is 15.0 Å². The van der Waals surface area contributed by atoms with Crippen molar-refractivity contribution in [1.29, 1.82) is 0 Å². The fourth-order valence-electron chi connectivity index (χ4n) is 4.19. The molecule has 1 amide bonds. The third-order valence-corrected chi connectivity index (χ3v) is 6.22. The molecule has 198 valence electrons. The van der Waals surface area contributed by atoms with Crippen LogP contribution in [0.1, 0.15) is 53.0 Å². The molecule has 0 saturated carbocycles. The number of benzene rings is 2. The molecule has 0 unspecified atom stereocenters. The highest BCUT2D eigenvalue weighted by Gasteiger charge is 2.27. The van der Waals surface area contributed by atoms with Crippen molar-refractivity contribution in [3.63, 3.8) is 0 Å². The van der Waals surface area contributed by atoms with E-state index >= 15 is 0 Å². The molecule has 4 aromatic rings. The van der Waals surface area contributed by atoms with E-state index in [-0.39, 0.29) is 11.6 Å². The number of hydrogen-bond donors (Lipinski definition) is 3. The van der Waals surface area contributed by atoms with Crippen molar-refractivity contribution >= 4 is 23.3 Å². The molecule has 10 nitrogen and oxygen atoms in total. The molecular weight excluding hydrogens is 484 g/mol. The van der Waals surface area contributed by atoms with E-state index in [9.17, 15) is 14.7 Å². The molecule has 3 N–H and O–H groups in total. The van der Waals surface area contributed by atoms with Gasteiger partial charge in [0.1, 0.15) is 11.6 Å². The van der Waals surface area contributed by atoms with E-state index in [1.807, 2.05) is 83.1 Å². The van der Waals surface area contributed by atoms with Crippen LogP contribution in [0.5, 0.6) is 5.75 Å². The van der Waals surface area contributed by atoms with Crippen molar-refractivity contribution in [2.45, 2.75) is 33.1 Å². The van der Waals surface area contributed by atoms with Gasteiger partial charge in [-0.2, -0.15) is 5.10 Å². The van der Waals surface area contributed by atoms with Gasteiger partial charge in [0.2, 0.25) is 0 Å². The van der Waals surface area contributed by atoms with Gasteiger partial charge in [0.15, 0.2) is 5.69 Å². The molecule has 0 spiro atoms. The number of aromatic nitrogens is 4. The zero-order chi connectivity index (χ0) is 27.8. The summed E-state index contributed by atoms with van der Waals surface area (Å²) in [5, 5.41) is 17.0. The first kappa shape index (κ1) is 26.5. The quantitative estimate of drug-likeness (QED) is 0.319. The summed E-state index contributed by atoms with van der Waals surface area (Å²) >= 11 is 0. The van der Waals surface area contributed by atoms with Crippen LogP contribution in [-0.4, -0.2) is 57.9 Å². The zero-order valence-electron chi connectivity index (χ0n) is 22.6. The van der Waals surface area contributed by atoms with E-state index in [4.69, 9.17) is 4.74 Å². The molecule has 0 bridgehead atoms. The number of ether oxygens (including phenoxy) is 1. The van der Waals surface area contributed by atoms with Crippen LogP contribution >= 0.6 is 0 Å². The number of carboxylic acid groups (broad SMARTS) is 1. The molecule has 10 heteroatoms. The third-order valence-electron chi connectivity index (χ3n) is 6.22. The smallest absolute Gasteiger partial charge is 0.356 e. The highest BCUT2D eigenvalue weighted by Crippen LogP contribution is 2.34. The monoisotopic (exact) mass is 516 g/mol. The van der Waals surface area contributed by atoms with E-state index in [1.54, 1.807) is 24.1 Å². The summed E-state index contributed by atoms with van der Waals surface area (Å²) < 4.78 is 6.91. The summed E-state index contributed by atoms with van der Waals surface area (Å²) in [5.41, 5.74) is 4.14. The van der Waals surface area contributed by atoms with Crippen molar-refractivity contribution in [3.8, 4) is 22.8 Å². The van der Waals surface area contributed by atoms with Gasteiger partial charge in [-0.15, -0.1) is 0 Å². The number of methoxy groups -OCH3 is 1. The van der Waals surface area contributed by atoms with E-state index in [0.29, 0.717) is 28.5 Å². The average molecular weight is 517 g/mol. The molecule has 0 radical (unpaired) electrons. The first-order valence-electron chi connectivity index (χ1n) is 12.1. The minimum atomic E-state index is -1.08. The van der Waals surface area contributed by atoms with Crippen LogP contribution in [0.25, 0.3) is 17.1 Å². The molecule has 4 rings (SSSR count). The van der Waals surface area contributed by atoms with Gasteiger partial charge in [-0.1, -0.05) is 20.8 Å². The summed E-state index contributed by atoms with van der Waals surface area (Å²) in [4.78, 5) is 34.5. The first-order chi connectivity index (χ1) is 17.9. The maximum absolute atomic E-state index is 13.2. The van der Waals surface area contributed by atoms with Crippen LogP contribution in [0.4, 0.5) is 11.4 Å². The van der Waals surface area contributed by atoms with Gasteiger partial charge >= 0.3 is 5.97 Å². The van der Waals surface area contributed by atoms with Crippen molar-refractivity contribution in [3.05, 3.63) is 71.3 Å². The molecule has 0 atom stereocenters. The fraction of sp³-hybridized carbons (Fsp3) is 0.286. The molecule has 0 fully saturated rings. The lowest BCUT2D eigenvalue weighted by Crippen LogP contribution is -2.16. The first-order valence-corrected chi connectivity index (χ1v) is 12.1.